The molecule has 2 aliphatic rings. The van der Waals surface area contributed by atoms with Gasteiger partial charge < -0.3 is 15.5 Å². The molecular formula is C31H33F2N3O2. The van der Waals surface area contributed by atoms with Crippen molar-refractivity contribution in [2.75, 3.05) is 18.0 Å². The van der Waals surface area contributed by atoms with E-state index < -0.39 is 17.8 Å². The van der Waals surface area contributed by atoms with Crippen LogP contribution < -0.4 is 15.5 Å². The molecule has 0 spiro atoms. The Hall–Kier alpha value is -3.58. The zero-order valence-electron chi connectivity index (χ0n) is 21.6. The fourth-order valence-corrected chi connectivity index (χ4v) is 5.47. The van der Waals surface area contributed by atoms with Crippen molar-refractivity contribution < 1.29 is 18.4 Å². The van der Waals surface area contributed by atoms with Crippen LogP contribution in [0, 0.1) is 11.6 Å². The summed E-state index contributed by atoms with van der Waals surface area (Å²) in [5.41, 5.74) is 3.39. The van der Waals surface area contributed by atoms with Crippen molar-refractivity contribution in [3.05, 3.63) is 101 Å². The van der Waals surface area contributed by atoms with Gasteiger partial charge in [0.1, 0.15) is 17.7 Å². The molecule has 7 heteroatoms. The normalized spacial score (nSPS) is 20.9. The van der Waals surface area contributed by atoms with Crippen LogP contribution in [0.3, 0.4) is 0 Å². The van der Waals surface area contributed by atoms with Crippen LogP contribution >= 0.6 is 0 Å². The van der Waals surface area contributed by atoms with Crippen LogP contribution in [-0.2, 0) is 11.2 Å². The lowest BCUT2D eigenvalue weighted by Crippen LogP contribution is -2.50. The van der Waals surface area contributed by atoms with Crippen LogP contribution in [0.1, 0.15) is 60.0 Å². The smallest absolute Gasteiger partial charge is 0.251 e. The summed E-state index contributed by atoms with van der Waals surface area (Å²) in [6, 6.07) is 19.2. The largest absolute Gasteiger partial charge is 0.340 e. The fourth-order valence-electron chi connectivity index (χ4n) is 5.47. The van der Waals surface area contributed by atoms with Crippen molar-refractivity contribution in [1.29, 1.82) is 0 Å². The van der Waals surface area contributed by atoms with Gasteiger partial charge in [-0.25, -0.2) is 8.78 Å². The van der Waals surface area contributed by atoms with Gasteiger partial charge in [0, 0.05) is 29.3 Å². The Morgan fingerprint density at radius 2 is 1.68 bits per heavy atom. The van der Waals surface area contributed by atoms with Crippen LogP contribution in [0.4, 0.5) is 14.5 Å². The Kier molecular flexibility index (Phi) is 7.56. The minimum Gasteiger partial charge on any atom is -0.340 e. The van der Waals surface area contributed by atoms with Crippen LogP contribution in [0.2, 0.25) is 0 Å². The molecule has 1 fully saturated rings. The number of nitrogens with zero attached hydrogens (tertiary/aromatic N) is 1. The molecule has 2 amide bonds. The number of hydrogen-bond acceptors (Lipinski definition) is 3. The predicted molar refractivity (Wildman–Crippen MR) is 144 cm³/mol. The lowest BCUT2D eigenvalue weighted by atomic mass is 10.00. The number of carbonyl (C=O) groups excluding carboxylic acids is 2. The van der Waals surface area contributed by atoms with Crippen molar-refractivity contribution in [3.8, 4) is 0 Å². The van der Waals surface area contributed by atoms with Crippen molar-refractivity contribution in [2.45, 2.75) is 56.5 Å². The summed E-state index contributed by atoms with van der Waals surface area (Å²) in [4.78, 5) is 28.5. The second-order valence-electron chi connectivity index (χ2n) is 10.5. The summed E-state index contributed by atoms with van der Waals surface area (Å²) in [5.74, 6) is -0.860. The highest BCUT2D eigenvalue weighted by Gasteiger charge is 2.50. The Bertz CT molecular complexity index is 1300. The summed E-state index contributed by atoms with van der Waals surface area (Å²) in [5, 5.41) is 6.52. The molecule has 3 aromatic rings. The van der Waals surface area contributed by atoms with Gasteiger partial charge in [-0.05, 0) is 99.2 Å². The van der Waals surface area contributed by atoms with Crippen molar-refractivity contribution >= 4 is 17.5 Å². The molecular weight excluding hydrogens is 484 g/mol. The maximum Gasteiger partial charge on any atom is 0.251 e. The van der Waals surface area contributed by atoms with Crippen LogP contribution in [-0.4, -0.2) is 36.5 Å². The van der Waals surface area contributed by atoms with Gasteiger partial charge in [-0.2, -0.15) is 0 Å². The third-order valence-corrected chi connectivity index (χ3v) is 7.79. The Morgan fingerprint density at radius 3 is 2.42 bits per heavy atom. The number of para-hydroxylation sites is 1. The predicted octanol–water partition coefficient (Wildman–Crippen LogP) is 5.36. The van der Waals surface area contributed by atoms with Gasteiger partial charge in [-0.1, -0.05) is 30.3 Å². The minimum atomic E-state index is -0.708. The van der Waals surface area contributed by atoms with Crippen molar-refractivity contribution in [1.82, 2.24) is 10.6 Å². The molecule has 198 valence electrons. The summed E-state index contributed by atoms with van der Waals surface area (Å²) < 4.78 is 26.7. The molecule has 1 heterocycles. The Balaban J connectivity index is 1.24. The Labute approximate surface area is 222 Å². The maximum absolute atomic E-state index is 13.8. The Morgan fingerprint density at radius 1 is 1.00 bits per heavy atom. The van der Waals surface area contributed by atoms with Gasteiger partial charge >= 0.3 is 0 Å². The molecule has 2 N–H and O–H groups in total. The number of carbonyl (C=O) groups is 2. The van der Waals surface area contributed by atoms with E-state index in [4.69, 9.17) is 0 Å². The van der Waals surface area contributed by atoms with Gasteiger partial charge in [-0.3, -0.25) is 9.59 Å². The molecule has 0 saturated heterocycles. The molecule has 1 saturated carbocycles. The van der Waals surface area contributed by atoms with E-state index >= 15 is 0 Å². The van der Waals surface area contributed by atoms with E-state index in [-0.39, 0.29) is 17.3 Å². The molecule has 3 unspecified atom stereocenters. The first-order valence-electron chi connectivity index (χ1n) is 13.3. The van der Waals surface area contributed by atoms with E-state index in [1.54, 1.807) is 4.90 Å². The van der Waals surface area contributed by atoms with Gasteiger partial charge in [-0.15, -0.1) is 0 Å². The quantitative estimate of drug-likeness (QED) is 0.376. The van der Waals surface area contributed by atoms with Gasteiger partial charge in [0.25, 0.3) is 5.91 Å². The molecule has 1 aliphatic carbocycles. The van der Waals surface area contributed by atoms with E-state index in [1.807, 2.05) is 36.4 Å². The number of aryl methyl sites for hydroxylation is 1. The number of fused-ring (bicyclic) bond motifs is 1. The molecule has 1 aliphatic heterocycles. The third kappa shape index (κ3) is 5.78. The zero-order chi connectivity index (χ0) is 26.7. The lowest BCUT2D eigenvalue weighted by molar-refractivity contribution is -0.120. The molecule has 0 aromatic heterocycles. The zero-order valence-corrected chi connectivity index (χ0v) is 21.6. The van der Waals surface area contributed by atoms with Crippen LogP contribution in [0.25, 0.3) is 0 Å². The number of nitrogens with one attached hydrogen (secondary N) is 2. The molecule has 0 radical (unpaired) electrons. The number of amides is 2. The summed E-state index contributed by atoms with van der Waals surface area (Å²) in [6.07, 6.45) is 3.90. The van der Waals surface area contributed by atoms with E-state index in [1.165, 1.54) is 36.4 Å². The first-order valence-corrected chi connectivity index (χ1v) is 13.3. The number of hydrogen-bond donors (Lipinski definition) is 2. The molecule has 5 nitrogen and oxygen atoms in total. The fraction of sp³-hybridized carbons (Fsp3) is 0.355. The maximum atomic E-state index is 13.8. The average molecular weight is 518 g/mol. The monoisotopic (exact) mass is 517 g/mol. The summed E-state index contributed by atoms with van der Waals surface area (Å²) >= 11 is 0. The highest BCUT2D eigenvalue weighted by Crippen LogP contribution is 2.51. The minimum absolute atomic E-state index is 0.0689. The average Bonchev–Trinajstić information content (AvgIpc) is 3.61. The SMILES string of the molecule is CC1(NCCCC(NC(=O)c2ccc(F)cc2)C(=O)N2CCCc3ccccc32)CC1c1ccc(F)cc1. The number of anilines is 1. The number of rotatable bonds is 9. The second kappa shape index (κ2) is 11.0. The first kappa shape index (κ1) is 26.0. The van der Waals surface area contributed by atoms with E-state index in [0.717, 1.165) is 36.1 Å². The van der Waals surface area contributed by atoms with E-state index in [9.17, 15) is 18.4 Å². The summed E-state index contributed by atoms with van der Waals surface area (Å²) in [6.45, 7) is 3.44. The highest BCUT2D eigenvalue weighted by atomic mass is 19.1. The summed E-state index contributed by atoms with van der Waals surface area (Å²) in [7, 11) is 0. The molecule has 38 heavy (non-hydrogen) atoms. The van der Waals surface area contributed by atoms with Crippen LogP contribution in [0.5, 0.6) is 0 Å². The highest BCUT2D eigenvalue weighted by molar-refractivity contribution is 6.02. The van der Waals surface area contributed by atoms with Crippen molar-refractivity contribution in [3.63, 3.8) is 0 Å². The van der Waals surface area contributed by atoms with E-state index in [2.05, 4.69) is 17.6 Å². The van der Waals surface area contributed by atoms with Gasteiger partial charge in [0.05, 0.1) is 0 Å². The molecule has 5 rings (SSSR count). The number of benzene rings is 3. The third-order valence-electron chi connectivity index (χ3n) is 7.79. The number of halogens is 2. The topological polar surface area (TPSA) is 61.4 Å². The second-order valence-corrected chi connectivity index (χ2v) is 10.5. The molecule has 3 atom stereocenters. The van der Waals surface area contributed by atoms with Crippen molar-refractivity contribution in [2.24, 2.45) is 0 Å². The van der Waals surface area contributed by atoms with E-state index in [0.29, 0.717) is 37.4 Å². The van der Waals surface area contributed by atoms with Crippen LogP contribution in [0.15, 0.2) is 72.8 Å². The standard InChI is InChI=1S/C31H33F2N3O2/c1-31(20-26(31)21-10-14-24(32)15-11-21)34-18-4-8-27(35-29(37)23-12-16-25(33)17-13-23)30(38)36-19-5-7-22-6-2-3-9-28(22)36/h2-3,6,9-17,26-27,34H,4-5,7-8,18-20H2,1H3,(H,35,37). The van der Waals surface area contributed by atoms with Gasteiger partial charge in [0.15, 0.2) is 0 Å². The molecule has 0 bridgehead atoms. The lowest BCUT2D eigenvalue weighted by Gasteiger charge is -2.32. The van der Waals surface area contributed by atoms with Gasteiger partial charge in [0.2, 0.25) is 5.91 Å². The first-order chi connectivity index (χ1) is 18.3. The molecule has 3 aromatic carbocycles.